The SMILES string of the molecule is CCOC(=O)c1c(C)[nH]c(C(=O)COc2cc(Cl)cc(Cl)c2)c1C. The molecule has 0 fully saturated rings. The van der Waals surface area contributed by atoms with Crippen LogP contribution in [0.5, 0.6) is 5.75 Å². The van der Waals surface area contributed by atoms with Gasteiger partial charge in [0, 0.05) is 15.7 Å². The van der Waals surface area contributed by atoms with E-state index in [1.165, 1.54) is 0 Å². The number of esters is 1. The van der Waals surface area contributed by atoms with E-state index in [-0.39, 0.29) is 19.0 Å². The Hall–Kier alpha value is -1.98. The van der Waals surface area contributed by atoms with Crippen LogP contribution in [0.4, 0.5) is 0 Å². The van der Waals surface area contributed by atoms with Gasteiger partial charge in [-0.05, 0) is 44.5 Å². The lowest BCUT2D eigenvalue weighted by Gasteiger charge is -2.07. The van der Waals surface area contributed by atoms with Crippen LogP contribution < -0.4 is 4.74 Å². The van der Waals surface area contributed by atoms with Crippen molar-refractivity contribution in [3.8, 4) is 5.75 Å². The highest BCUT2D eigenvalue weighted by Crippen LogP contribution is 2.25. The van der Waals surface area contributed by atoms with Crippen molar-refractivity contribution in [1.82, 2.24) is 4.98 Å². The molecule has 2 aromatic rings. The molecule has 24 heavy (non-hydrogen) atoms. The van der Waals surface area contributed by atoms with E-state index < -0.39 is 5.97 Å². The van der Waals surface area contributed by atoms with E-state index in [9.17, 15) is 9.59 Å². The number of ketones is 1. The third-order valence-corrected chi connectivity index (χ3v) is 3.84. The number of aromatic nitrogens is 1. The molecule has 0 saturated carbocycles. The van der Waals surface area contributed by atoms with Crippen molar-refractivity contribution < 1.29 is 19.1 Å². The maximum absolute atomic E-state index is 12.4. The monoisotopic (exact) mass is 369 g/mol. The van der Waals surface area contributed by atoms with Crippen LogP contribution in [0.15, 0.2) is 18.2 Å². The van der Waals surface area contributed by atoms with Crippen LogP contribution in [0.2, 0.25) is 10.0 Å². The maximum Gasteiger partial charge on any atom is 0.340 e. The Morgan fingerprint density at radius 3 is 2.33 bits per heavy atom. The van der Waals surface area contributed by atoms with E-state index in [1.54, 1.807) is 39.0 Å². The quantitative estimate of drug-likeness (QED) is 0.605. The number of Topliss-reactive ketones (excluding diaryl/α,β-unsaturated/α-hetero) is 1. The molecule has 0 bridgehead atoms. The Bertz CT molecular complexity index is 763. The molecule has 1 aromatic heterocycles. The molecule has 5 nitrogen and oxygen atoms in total. The number of H-pyrrole nitrogens is 1. The zero-order valence-corrected chi connectivity index (χ0v) is 15.0. The first-order valence-corrected chi connectivity index (χ1v) is 8.07. The standard InChI is InChI=1S/C17H17Cl2NO4/c1-4-23-17(22)15-9(2)16(20-10(15)3)14(21)8-24-13-6-11(18)5-12(19)7-13/h5-7,20H,4,8H2,1-3H3. The summed E-state index contributed by atoms with van der Waals surface area (Å²) in [5.41, 5.74) is 1.83. The molecule has 0 amide bonds. The van der Waals surface area contributed by atoms with Gasteiger partial charge >= 0.3 is 5.97 Å². The number of ether oxygens (including phenoxy) is 2. The molecular weight excluding hydrogens is 353 g/mol. The van der Waals surface area contributed by atoms with Crippen LogP contribution >= 0.6 is 23.2 Å². The minimum absolute atomic E-state index is 0.209. The minimum Gasteiger partial charge on any atom is -0.485 e. The molecule has 0 aliphatic carbocycles. The number of rotatable bonds is 6. The summed E-state index contributed by atoms with van der Waals surface area (Å²) in [7, 11) is 0. The fourth-order valence-corrected chi connectivity index (χ4v) is 2.88. The first-order valence-electron chi connectivity index (χ1n) is 7.31. The Balaban J connectivity index is 2.15. The summed E-state index contributed by atoms with van der Waals surface area (Å²) in [5, 5.41) is 0.836. The second-order valence-corrected chi connectivity index (χ2v) is 6.04. The number of aryl methyl sites for hydroxylation is 1. The lowest BCUT2D eigenvalue weighted by atomic mass is 10.1. The van der Waals surface area contributed by atoms with Crippen LogP contribution in [0, 0.1) is 13.8 Å². The fraction of sp³-hybridized carbons (Fsp3) is 0.294. The lowest BCUT2D eigenvalue weighted by molar-refractivity contribution is 0.0525. The molecule has 0 saturated heterocycles. The van der Waals surface area contributed by atoms with Gasteiger partial charge in [-0.1, -0.05) is 23.2 Å². The molecule has 1 aromatic carbocycles. The van der Waals surface area contributed by atoms with Gasteiger partial charge in [-0.2, -0.15) is 0 Å². The van der Waals surface area contributed by atoms with Crippen molar-refractivity contribution in [2.24, 2.45) is 0 Å². The molecule has 0 radical (unpaired) electrons. The van der Waals surface area contributed by atoms with Gasteiger partial charge in [0.15, 0.2) is 6.61 Å². The van der Waals surface area contributed by atoms with E-state index in [2.05, 4.69) is 4.98 Å². The van der Waals surface area contributed by atoms with Crippen molar-refractivity contribution in [1.29, 1.82) is 0 Å². The highest BCUT2D eigenvalue weighted by atomic mass is 35.5. The van der Waals surface area contributed by atoms with Gasteiger partial charge in [0.05, 0.1) is 17.9 Å². The average Bonchev–Trinajstić information content (AvgIpc) is 2.79. The van der Waals surface area contributed by atoms with Crippen molar-refractivity contribution in [3.63, 3.8) is 0 Å². The largest absolute Gasteiger partial charge is 0.485 e. The van der Waals surface area contributed by atoms with Gasteiger partial charge < -0.3 is 14.5 Å². The van der Waals surface area contributed by atoms with Gasteiger partial charge in [-0.15, -0.1) is 0 Å². The number of aromatic amines is 1. The fourth-order valence-electron chi connectivity index (χ4n) is 2.37. The van der Waals surface area contributed by atoms with E-state index in [4.69, 9.17) is 32.7 Å². The van der Waals surface area contributed by atoms with E-state index in [0.29, 0.717) is 38.3 Å². The Labute approximate surface area is 149 Å². The van der Waals surface area contributed by atoms with Gasteiger partial charge in [0.2, 0.25) is 5.78 Å². The number of halogens is 2. The first-order chi connectivity index (χ1) is 11.3. The number of carbonyl (C=O) groups excluding carboxylic acids is 2. The molecule has 0 unspecified atom stereocenters. The first kappa shape index (κ1) is 18.4. The van der Waals surface area contributed by atoms with Crippen molar-refractivity contribution in [3.05, 3.63) is 50.8 Å². The maximum atomic E-state index is 12.4. The van der Waals surface area contributed by atoms with Crippen LogP contribution in [-0.4, -0.2) is 30.0 Å². The normalized spacial score (nSPS) is 10.5. The predicted molar refractivity (Wildman–Crippen MR) is 92.5 cm³/mol. The summed E-state index contributed by atoms with van der Waals surface area (Å²) in [6.45, 7) is 5.20. The number of carbonyl (C=O) groups is 2. The van der Waals surface area contributed by atoms with E-state index >= 15 is 0 Å². The molecule has 0 aliphatic heterocycles. The molecule has 2 rings (SSSR count). The van der Waals surface area contributed by atoms with Crippen LogP contribution in [0.25, 0.3) is 0 Å². The van der Waals surface area contributed by atoms with Crippen molar-refractivity contribution in [2.75, 3.05) is 13.2 Å². The zero-order chi connectivity index (χ0) is 17.9. The Morgan fingerprint density at radius 2 is 1.75 bits per heavy atom. The molecule has 0 aliphatic rings. The Morgan fingerprint density at radius 1 is 1.12 bits per heavy atom. The van der Waals surface area contributed by atoms with Crippen LogP contribution in [0.3, 0.4) is 0 Å². The second-order valence-electron chi connectivity index (χ2n) is 5.16. The second kappa shape index (κ2) is 7.73. The van der Waals surface area contributed by atoms with Gasteiger partial charge in [0.25, 0.3) is 0 Å². The molecule has 1 N–H and O–H groups in total. The molecule has 7 heteroatoms. The Kier molecular flexibility index (Phi) is 5.91. The minimum atomic E-state index is -0.453. The van der Waals surface area contributed by atoms with Gasteiger partial charge in [-0.25, -0.2) is 4.79 Å². The topological polar surface area (TPSA) is 68.4 Å². The van der Waals surface area contributed by atoms with Crippen molar-refractivity contribution >= 4 is 35.0 Å². The summed E-state index contributed by atoms with van der Waals surface area (Å²) < 4.78 is 10.4. The summed E-state index contributed by atoms with van der Waals surface area (Å²) in [5.74, 6) is -0.347. The summed E-state index contributed by atoms with van der Waals surface area (Å²) >= 11 is 11.8. The predicted octanol–water partition coefficient (Wildman–Crippen LogP) is 4.38. The average molecular weight is 370 g/mol. The van der Waals surface area contributed by atoms with E-state index in [1.807, 2.05) is 0 Å². The van der Waals surface area contributed by atoms with Gasteiger partial charge in [-0.3, -0.25) is 4.79 Å². The summed E-state index contributed by atoms with van der Waals surface area (Å²) in [6.07, 6.45) is 0. The number of hydrogen-bond acceptors (Lipinski definition) is 4. The van der Waals surface area contributed by atoms with Crippen LogP contribution in [0.1, 0.15) is 39.0 Å². The molecular formula is C17H17Cl2NO4. The lowest BCUT2D eigenvalue weighted by Crippen LogP contribution is -2.13. The number of hydrogen-bond donors (Lipinski definition) is 1. The van der Waals surface area contributed by atoms with Crippen molar-refractivity contribution in [2.45, 2.75) is 20.8 Å². The number of benzene rings is 1. The summed E-state index contributed by atoms with van der Waals surface area (Å²) in [4.78, 5) is 27.3. The zero-order valence-electron chi connectivity index (χ0n) is 13.5. The smallest absolute Gasteiger partial charge is 0.340 e. The third-order valence-electron chi connectivity index (χ3n) is 3.40. The molecule has 128 valence electrons. The third kappa shape index (κ3) is 4.10. The number of nitrogens with one attached hydrogen (secondary N) is 1. The molecule has 0 spiro atoms. The molecule has 1 heterocycles. The highest BCUT2D eigenvalue weighted by Gasteiger charge is 2.23. The summed E-state index contributed by atoms with van der Waals surface area (Å²) in [6, 6.07) is 4.71. The van der Waals surface area contributed by atoms with E-state index in [0.717, 1.165) is 0 Å². The van der Waals surface area contributed by atoms with Crippen LogP contribution in [-0.2, 0) is 4.74 Å². The molecule has 0 atom stereocenters. The van der Waals surface area contributed by atoms with Gasteiger partial charge in [0.1, 0.15) is 5.75 Å². The highest BCUT2D eigenvalue weighted by molar-refractivity contribution is 6.34.